The van der Waals surface area contributed by atoms with Gasteiger partial charge in [-0.3, -0.25) is 0 Å². The Labute approximate surface area is 150 Å². The summed E-state index contributed by atoms with van der Waals surface area (Å²) in [5.74, 6) is 0. The Morgan fingerprint density at radius 3 is 1.09 bits per heavy atom. The van der Waals surface area contributed by atoms with Crippen molar-refractivity contribution in [1.82, 2.24) is 4.90 Å². The number of rotatable bonds is 15. The van der Waals surface area contributed by atoms with Crippen LogP contribution in [0.1, 0.15) is 104 Å². The zero-order chi connectivity index (χ0) is 16.9. The lowest BCUT2D eigenvalue weighted by Crippen LogP contribution is -2.12. The van der Waals surface area contributed by atoms with E-state index in [4.69, 9.17) is 0 Å². The molecule has 0 amide bonds. The molecule has 0 atom stereocenters. The summed E-state index contributed by atoms with van der Waals surface area (Å²) in [7, 11) is 4.34. The van der Waals surface area contributed by atoms with Crippen LogP contribution in [0.15, 0.2) is 0 Å². The maximum absolute atomic E-state index is 3.15. The van der Waals surface area contributed by atoms with E-state index >= 15 is 0 Å². The number of hydrogen-bond acceptors (Lipinski definition) is 1. The summed E-state index contributed by atoms with van der Waals surface area (Å²) in [5, 5.41) is 1.06. The Hall–Kier alpha value is 0.440. The molecular formula is C20H44BrN. The first kappa shape index (κ1) is 24.7. The molecule has 2 heteroatoms. The number of halogens is 1. The SMILES string of the molecule is CCBr.CCCCCCCCCCCCCCCCN(C)C. The lowest BCUT2D eigenvalue weighted by Gasteiger charge is -2.08. The van der Waals surface area contributed by atoms with Gasteiger partial charge in [0.1, 0.15) is 0 Å². The number of nitrogens with zero attached hydrogens (tertiary/aromatic N) is 1. The molecule has 0 heterocycles. The highest BCUT2D eigenvalue weighted by Crippen LogP contribution is 2.12. The molecule has 0 fully saturated rings. The molecule has 0 aliphatic heterocycles. The molecule has 0 bridgehead atoms. The van der Waals surface area contributed by atoms with Gasteiger partial charge >= 0.3 is 0 Å². The van der Waals surface area contributed by atoms with Crippen molar-refractivity contribution in [3.05, 3.63) is 0 Å². The monoisotopic (exact) mass is 377 g/mol. The van der Waals surface area contributed by atoms with Crippen LogP contribution in [0.25, 0.3) is 0 Å². The van der Waals surface area contributed by atoms with Crippen LogP contribution in [-0.2, 0) is 0 Å². The molecular weight excluding hydrogens is 334 g/mol. The minimum absolute atomic E-state index is 1.06. The first-order valence-corrected chi connectivity index (χ1v) is 11.0. The van der Waals surface area contributed by atoms with E-state index in [1.165, 1.54) is 96.4 Å². The molecule has 0 N–H and O–H groups in total. The molecule has 1 nitrogen and oxygen atoms in total. The third-order valence-corrected chi connectivity index (χ3v) is 3.96. The molecule has 0 radical (unpaired) electrons. The normalized spacial score (nSPS) is 10.6. The van der Waals surface area contributed by atoms with Crippen molar-refractivity contribution in [3.8, 4) is 0 Å². The largest absolute Gasteiger partial charge is 0.309 e. The quantitative estimate of drug-likeness (QED) is 0.211. The number of unbranched alkanes of at least 4 members (excludes halogenated alkanes) is 13. The molecule has 0 aromatic rings. The summed E-state index contributed by atoms with van der Waals surface area (Å²) in [5.41, 5.74) is 0. The van der Waals surface area contributed by atoms with Gasteiger partial charge in [0, 0.05) is 5.33 Å². The van der Waals surface area contributed by atoms with Crippen LogP contribution in [0.5, 0.6) is 0 Å². The van der Waals surface area contributed by atoms with Gasteiger partial charge in [-0.15, -0.1) is 0 Å². The Bertz CT molecular complexity index is 171. The molecule has 22 heavy (non-hydrogen) atoms. The van der Waals surface area contributed by atoms with Crippen LogP contribution in [0, 0.1) is 0 Å². The van der Waals surface area contributed by atoms with Gasteiger partial charge < -0.3 is 4.90 Å². The van der Waals surface area contributed by atoms with Gasteiger partial charge in [0.2, 0.25) is 0 Å². The molecule has 0 rings (SSSR count). The minimum Gasteiger partial charge on any atom is -0.309 e. The fourth-order valence-electron chi connectivity index (χ4n) is 2.62. The highest BCUT2D eigenvalue weighted by atomic mass is 79.9. The van der Waals surface area contributed by atoms with Gasteiger partial charge in [-0.2, -0.15) is 0 Å². The Morgan fingerprint density at radius 1 is 0.545 bits per heavy atom. The van der Waals surface area contributed by atoms with Crippen LogP contribution >= 0.6 is 15.9 Å². The molecule has 0 aliphatic rings. The van der Waals surface area contributed by atoms with E-state index < -0.39 is 0 Å². The highest BCUT2D eigenvalue weighted by molar-refractivity contribution is 9.09. The van der Waals surface area contributed by atoms with Gasteiger partial charge in [0.05, 0.1) is 0 Å². The van der Waals surface area contributed by atoms with Crippen molar-refractivity contribution in [3.63, 3.8) is 0 Å². The third-order valence-electron chi connectivity index (χ3n) is 3.96. The van der Waals surface area contributed by atoms with Crippen molar-refractivity contribution in [2.24, 2.45) is 0 Å². The van der Waals surface area contributed by atoms with Gasteiger partial charge in [0.25, 0.3) is 0 Å². The van der Waals surface area contributed by atoms with Gasteiger partial charge in [-0.25, -0.2) is 0 Å². The molecule has 0 aromatic carbocycles. The summed E-state index contributed by atoms with van der Waals surface area (Å²) < 4.78 is 0. The smallest absolute Gasteiger partial charge is 0.000281 e. The second-order valence-electron chi connectivity index (χ2n) is 6.67. The van der Waals surface area contributed by atoms with E-state index in [0.29, 0.717) is 0 Å². The van der Waals surface area contributed by atoms with E-state index in [2.05, 4.69) is 41.8 Å². The van der Waals surface area contributed by atoms with Crippen LogP contribution in [0.3, 0.4) is 0 Å². The van der Waals surface area contributed by atoms with Crippen molar-refractivity contribution >= 4 is 15.9 Å². The van der Waals surface area contributed by atoms with E-state index in [-0.39, 0.29) is 0 Å². The summed E-state index contributed by atoms with van der Waals surface area (Å²) in [6, 6.07) is 0. The predicted octanol–water partition coefficient (Wildman–Crippen LogP) is 7.43. The fraction of sp³-hybridized carbons (Fsp3) is 1.00. The fourth-order valence-corrected chi connectivity index (χ4v) is 2.62. The first-order chi connectivity index (χ1) is 10.7. The zero-order valence-corrected chi connectivity index (χ0v) is 17.7. The average molecular weight is 378 g/mol. The predicted molar refractivity (Wildman–Crippen MR) is 108 cm³/mol. The second-order valence-corrected chi connectivity index (χ2v) is 7.79. The van der Waals surface area contributed by atoms with Gasteiger partial charge in [-0.05, 0) is 27.1 Å². The summed E-state index contributed by atoms with van der Waals surface area (Å²) in [4.78, 5) is 2.29. The van der Waals surface area contributed by atoms with Crippen molar-refractivity contribution < 1.29 is 0 Å². The molecule has 0 aromatic heterocycles. The Balaban J connectivity index is 0. The zero-order valence-electron chi connectivity index (χ0n) is 16.1. The van der Waals surface area contributed by atoms with Crippen molar-refractivity contribution in [1.29, 1.82) is 0 Å². The topological polar surface area (TPSA) is 3.24 Å². The van der Waals surface area contributed by atoms with Crippen molar-refractivity contribution in [2.45, 2.75) is 104 Å². The first-order valence-electron chi connectivity index (χ1n) is 9.89. The second kappa shape index (κ2) is 23.7. The van der Waals surface area contributed by atoms with Crippen LogP contribution < -0.4 is 0 Å². The highest BCUT2D eigenvalue weighted by Gasteiger charge is 1.94. The lowest BCUT2D eigenvalue weighted by molar-refractivity contribution is 0.389. The van der Waals surface area contributed by atoms with Crippen molar-refractivity contribution in [2.75, 3.05) is 26.0 Å². The Kier molecular flexibility index (Phi) is 26.6. The van der Waals surface area contributed by atoms with Crippen LogP contribution in [0.2, 0.25) is 0 Å². The summed E-state index contributed by atoms with van der Waals surface area (Å²) in [6.45, 7) is 5.60. The lowest BCUT2D eigenvalue weighted by atomic mass is 10.0. The van der Waals surface area contributed by atoms with E-state index in [1.807, 2.05) is 6.92 Å². The van der Waals surface area contributed by atoms with E-state index in [0.717, 1.165) is 5.33 Å². The molecule has 0 saturated heterocycles. The van der Waals surface area contributed by atoms with E-state index in [1.54, 1.807) is 0 Å². The van der Waals surface area contributed by atoms with E-state index in [9.17, 15) is 0 Å². The maximum Gasteiger partial charge on any atom is 0.000281 e. The molecule has 0 unspecified atom stereocenters. The average Bonchev–Trinajstić information content (AvgIpc) is 2.48. The minimum atomic E-state index is 1.06. The number of alkyl halides is 1. The summed E-state index contributed by atoms with van der Waals surface area (Å²) in [6.07, 6.45) is 20.3. The molecule has 0 spiro atoms. The third kappa shape index (κ3) is 28.6. The molecule has 0 saturated carbocycles. The summed E-state index contributed by atoms with van der Waals surface area (Å²) >= 11 is 3.15. The Morgan fingerprint density at radius 2 is 0.818 bits per heavy atom. The standard InChI is InChI=1S/C18H39N.C2H5Br/c1-4-5-6-7-8-9-10-11-12-13-14-15-16-17-18-19(2)3;1-2-3/h4-18H2,1-3H3;2H2,1H3. The number of hydrogen-bond donors (Lipinski definition) is 0. The van der Waals surface area contributed by atoms with Crippen LogP contribution in [-0.4, -0.2) is 30.9 Å². The van der Waals surface area contributed by atoms with Gasteiger partial charge in [0.15, 0.2) is 0 Å². The van der Waals surface area contributed by atoms with Gasteiger partial charge in [-0.1, -0.05) is 113 Å². The van der Waals surface area contributed by atoms with Crippen LogP contribution in [0.4, 0.5) is 0 Å². The molecule has 0 aliphatic carbocycles. The molecule has 136 valence electrons. The maximum atomic E-state index is 3.15.